The predicted molar refractivity (Wildman–Crippen MR) is 134 cm³/mol. The van der Waals surface area contributed by atoms with Gasteiger partial charge in [0.05, 0.1) is 5.52 Å². The van der Waals surface area contributed by atoms with Gasteiger partial charge in [0.25, 0.3) is 17.5 Å². The molecule has 0 N–H and O–H groups in total. The van der Waals surface area contributed by atoms with Gasteiger partial charge in [0.2, 0.25) is 0 Å². The van der Waals surface area contributed by atoms with Crippen LogP contribution in [-0.4, -0.2) is 20.7 Å². The van der Waals surface area contributed by atoms with Crippen molar-refractivity contribution in [3.05, 3.63) is 85.1 Å². The van der Waals surface area contributed by atoms with E-state index in [0.29, 0.717) is 40.9 Å². The molecule has 9 heteroatoms. The largest absolute Gasteiger partial charge is 0.325 e. The van der Waals surface area contributed by atoms with Crippen molar-refractivity contribution in [1.29, 1.82) is 0 Å². The highest BCUT2D eigenvalue weighted by atomic mass is 35.5. The zero-order chi connectivity index (χ0) is 25.0. The lowest BCUT2D eigenvalue weighted by Gasteiger charge is -2.32. The van der Waals surface area contributed by atoms with Crippen LogP contribution in [0.4, 0.5) is 20.3 Å². The van der Waals surface area contributed by atoms with Gasteiger partial charge in [0.15, 0.2) is 0 Å². The smallest absolute Gasteiger partial charge is 0.264 e. The van der Waals surface area contributed by atoms with E-state index in [1.807, 2.05) is 4.90 Å². The van der Waals surface area contributed by atoms with Gasteiger partial charge in [-0.15, -0.1) is 0 Å². The first-order valence-electron chi connectivity index (χ1n) is 11.2. The van der Waals surface area contributed by atoms with E-state index in [4.69, 9.17) is 11.6 Å². The van der Waals surface area contributed by atoms with Crippen LogP contribution in [0, 0.1) is 6.92 Å². The fraction of sp³-hybridized carbons (Fsp3) is 0.269. The molecule has 3 aromatic heterocycles. The predicted octanol–water partition coefficient (Wildman–Crippen LogP) is 5.28. The van der Waals surface area contributed by atoms with Gasteiger partial charge < -0.3 is 14.0 Å². The lowest BCUT2D eigenvalue weighted by atomic mass is 9.92. The Balaban J connectivity index is 1.77. The summed E-state index contributed by atoms with van der Waals surface area (Å²) in [5.41, 5.74) is 2.40. The lowest BCUT2D eigenvalue weighted by Crippen LogP contribution is -2.27. The second-order valence-corrected chi connectivity index (χ2v) is 9.24. The van der Waals surface area contributed by atoms with E-state index in [-0.39, 0.29) is 33.0 Å². The standard InChI is InChI=1S/C26H23ClF2N4O2/c1-14-10-19-21(32(3)25(14)34)13-22(27)30-24(19)33-9-4-6-15-11-17(18(23(28)29)12-20(15)33)16-7-5-8-31(2)26(16)35/h5,7-8,10-13,23H,4,6,9H2,1-3H3. The van der Waals surface area contributed by atoms with E-state index in [9.17, 15) is 18.4 Å². The molecule has 35 heavy (non-hydrogen) atoms. The maximum Gasteiger partial charge on any atom is 0.264 e. The highest BCUT2D eigenvalue weighted by molar-refractivity contribution is 6.30. The van der Waals surface area contributed by atoms with E-state index in [0.717, 1.165) is 12.0 Å². The number of benzene rings is 1. The number of aryl methyl sites for hydroxylation is 4. The van der Waals surface area contributed by atoms with Crippen molar-refractivity contribution < 1.29 is 8.78 Å². The molecule has 0 fully saturated rings. The van der Waals surface area contributed by atoms with Gasteiger partial charge in [-0.2, -0.15) is 0 Å². The van der Waals surface area contributed by atoms with Crippen molar-refractivity contribution in [2.45, 2.75) is 26.2 Å². The zero-order valence-electron chi connectivity index (χ0n) is 19.5. The van der Waals surface area contributed by atoms with Crippen LogP contribution in [0.2, 0.25) is 5.15 Å². The number of fused-ring (bicyclic) bond motifs is 2. The average Bonchev–Trinajstić information content (AvgIpc) is 2.83. The van der Waals surface area contributed by atoms with Crippen molar-refractivity contribution in [3.8, 4) is 11.1 Å². The van der Waals surface area contributed by atoms with Crippen LogP contribution in [0.3, 0.4) is 0 Å². The van der Waals surface area contributed by atoms with Gasteiger partial charge in [-0.25, -0.2) is 13.8 Å². The highest BCUT2D eigenvalue weighted by Gasteiger charge is 2.27. The maximum atomic E-state index is 14.3. The van der Waals surface area contributed by atoms with Crippen LogP contribution in [0.5, 0.6) is 0 Å². The third-order valence-corrected chi connectivity index (χ3v) is 6.82. The molecule has 0 saturated carbocycles. The Morgan fingerprint density at radius 3 is 2.57 bits per heavy atom. The first-order valence-corrected chi connectivity index (χ1v) is 11.6. The molecule has 0 amide bonds. The van der Waals surface area contributed by atoms with Crippen LogP contribution in [0.25, 0.3) is 22.0 Å². The molecule has 0 atom stereocenters. The van der Waals surface area contributed by atoms with Crippen LogP contribution in [-0.2, 0) is 20.5 Å². The third kappa shape index (κ3) is 3.82. The van der Waals surface area contributed by atoms with Gasteiger partial charge in [-0.1, -0.05) is 11.6 Å². The van der Waals surface area contributed by atoms with Crippen LogP contribution in [0.15, 0.2) is 52.2 Å². The Labute approximate surface area is 205 Å². The lowest BCUT2D eigenvalue weighted by molar-refractivity contribution is 0.152. The summed E-state index contributed by atoms with van der Waals surface area (Å²) in [7, 11) is 3.27. The van der Waals surface area contributed by atoms with Crippen LogP contribution in [0.1, 0.15) is 29.5 Å². The molecule has 0 unspecified atom stereocenters. The first-order chi connectivity index (χ1) is 16.7. The zero-order valence-corrected chi connectivity index (χ0v) is 20.2. The summed E-state index contributed by atoms with van der Waals surface area (Å²) in [5, 5.41) is 0.915. The summed E-state index contributed by atoms with van der Waals surface area (Å²) in [5.74, 6) is 0.510. The number of hydrogen-bond donors (Lipinski definition) is 0. The van der Waals surface area contributed by atoms with Crippen molar-refractivity contribution in [1.82, 2.24) is 14.1 Å². The number of rotatable bonds is 3. The van der Waals surface area contributed by atoms with E-state index in [1.54, 1.807) is 57.5 Å². The minimum atomic E-state index is -2.78. The second-order valence-electron chi connectivity index (χ2n) is 8.85. The number of halogens is 3. The maximum absolute atomic E-state index is 14.3. The van der Waals surface area contributed by atoms with Gasteiger partial charge in [-0.3, -0.25) is 9.59 Å². The van der Waals surface area contributed by atoms with Crippen LogP contribution < -0.4 is 16.0 Å². The summed E-state index contributed by atoms with van der Waals surface area (Å²) in [6.45, 7) is 2.28. The Morgan fingerprint density at radius 1 is 1.06 bits per heavy atom. The number of nitrogens with zero attached hydrogens (tertiary/aromatic N) is 4. The summed E-state index contributed by atoms with van der Waals surface area (Å²) < 4.78 is 31.5. The molecule has 4 heterocycles. The SMILES string of the molecule is Cc1cc2c(N3CCCc4cc(-c5cccn(C)c5=O)c(C(F)F)cc43)nc(Cl)cc2n(C)c1=O. The van der Waals surface area contributed by atoms with Gasteiger partial charge >= 0.3 is 0 Å². The molecule has 180 valence electrons. The van der Waals surface area contributed by atoms with Gasteiger partial charge in [-0.05, 0) is 61.2 Å². The second kappa shape index (κ2) is 8.61. The molecule has 1 aromatic carbocycles. The first kappa shape index (κ1) is 23.2. The van der Waals surface area contributed by atoms with E-state index < -0.39 is 6.43 Å². The summed E-state index contributed by atoms with van der Waals surface area (Å²) in [6.07, 6.45) is 0.245. The quantitative estimate of drug-likeness (QED) is 0.362. The Bertz CT molecular complexity index is 1610. The van der Waals surface area contributed by atoms with Crippen molar-refractivity contribution in [2.24, 2.45) is 14.1 Å². The molecule has 6 nitrogen and oxygen atoms in total. The molecular formula is C26H23ClF2N4O2. The Kier molecular flexibility index (Phi) is 5.71. The summed E-state index contributed by atoms with van der Waals surface area (Å²) in [4.78, 5) is 31.7. The number of alkyl halides is 2. The molecule has 1 aliphatic heterocycles. The molecule has 0 bridgehead atoms. The molecular weight excluding hydrogens is 474 g/mol. The van der Waals surface area contributed by atoms with E-state index in [1.165, 1.54) is 15.2 Å². The number of aromatic nitrogens is 3. The molecule has 0 radical (unpaired) electrons. The van der Waals surface area contributed by atoms with Gasteiger partial charge in [0, 0.05) is 60.7 Å². The average molecular weight is 497 g/mol. The molecule has 5 rings (SSSR count). The Morgan fingerprint density at radius 2 is 1.83 bits per heavy atom. The van der Waals surface area contributed by atoms with Crippen molar-refractivity contribution >= 4 is 34.0 Å². The van der Waals surface area contributed by atoms with Crippen molar-refractivity contribution in [2.75, 3.05) is 11.4 Å². The number of hydrogen-bond acceptors (Lipinski definition) is 4. The molecule has 1 aliphatic rings. The fourth-order valence-electron chi connectivity index (χ4n) is 4.86. The summed E-state index contributed by atoms with van der Waals surface area (Å²) >= 11 is 6.34. The topological polar surface area (TPSA) is 60.1 Å². The monoisotopic (exact) mass is 496 g/mol. The number of anilines is 2. The number of pyridine rings is 3. The van der Waals surface area contributed by atoms with Crippen LogP contribution >= 0.6 is 11.6 Å². The minimum absolute atomic E-state index is 0.140. The molecule has 0 aliphatic carbocycles. The molecule has 4 aromatic rings. The van der Waals surface area contributed by atoms with Crippen molar-refractivity contribution in [3.63, 3.8) is 0 Å². The van der Waals surface area contributed by atoms with E-state index >= 15 is 0 Å². The minimum Gasteiger partial charge on any atom is -0.325 e. The summed E-state index contributed by atoms with van der Waals surface area (Å²) in [6, 6.07) is 9.81. The Hall–Kier alpha value is -3.52. The molecule has 0 spiro atoms. The van der Waals surface area contributed by atoms with E-state index in [2.05, 4.69) is 4.98 Å². The fourth-order valence-corrected chi connectivity index (χ4v) is 5.04. The normalized spacial score (nSPS) is 13.5. The molecule has 0 saturated heterocycles. The third-order valence-electron chi connectivity index (χ3n) is 6.62. The van der Waals surface area contributed by atoms with Gasteiger partial charge in [0.1, 0.15) is 11.0 Å². The highest BCUT2D eigenvalue weighted by Crippen LogP contribution is 2.42.